The molecule has 0 unspecified atom stereocenters. The van der Waals surface area contributed by atoms with Gasteiger partial charge in [0.2, 0.25) is 0 Å². The maximum atomic E-state index is 11.3. The van der Waals surface area contributed by atoms with E-state index in [4.69, 9.17) is 0 Å². The van der Waals surface area contributed by atoms with Gasteiger partial charge in [0.05, 0.1) is 5.56 Å². The molecule has 1 rings (SSSR count). The molecule has 22 heavy (non-hydrogen) atoms. The molecular weight excluding hydrogens is 272 g/mol. The van der Waals surface area contributed by atoms with Gasteiger partial charge >= 0.3 is 5.97 Å². The molecule has 0 atom stereocenters. The van der Waals surface area contributed by atoms with Crippen molar-refractivity contribution in [3.63, 3.8) is 0 Å². The van der Waals surface area contributed by atoms with Crippen LogP contribution in [0.15, 0.2) is 18.2 Å². The van der Waals surface area contributed by atoms with Crippen LogP contribution in [0.3, 0.4) is 0 Å². The SMILES string of the molecule is CCCCCCCCCCCCc1cccc(C)c1C(=O)O. The molecule has 1 N–H and O–H groups in total. The monoisotopic (exact) mass is 304 g/mol. The molecule has 0 aliphatic heterocycles. The van der Waals surface area contributed by atoms with Gasteiger partial charge < -0.3 is 5.11 Å². The zero-order chi connectivity index (χ0) is 16.2. The van der Waals surface area contributed by atoms with E-state index in [0.717, 1.165) is 24.0 Å². The smallest absolute Gasteiger partial charge is 0.336 e. The van der Waals surface area contributed by atoms with Crippen molar-refractivity contribution in [1.82, 2.24) is 0 Å². The van der Waals surface area contributed by atoms with Crippen molar-refractivity contribution in [1.29, 1.82) is 0 Å². The first-order chi connectivity index (χ1) is 10.7. The van der Waals surface area contributed by atoms with Crippen LogP contribution in [0.2, 0.25) is 0 Å². The van der Waals surface area contributed by atoms with E-state index in [1.807, 2.05) is 25.1 Å². The highest BCUT2D eigenvalue weighted by Crippen LogP contribution is 2.18. The Labute approximate surface area is 135 Å². The van der Waals surface area contributed by atoms with Crippen LogP contribution in [-0.4, -0.2) is 11.1 Å². The van der Waals surface area contributed by atoms with Crippen LogP contribution >= 0.6 is 0 Å². The standard InChI is InChI=1S/C20H32O2/c1-3-4-5-6-7-8-9-10-11-12-15-18-16-13-14-17(2)19(18)20(21)22/h13-14,16H,3-12,15H2,1-2H3,(H,21,22). The van der Waals surface area contributed by atoms with Crippen LogP contribution in [0, 0.1) is 6.92 Å². The van der Waals surface area contributed by atoms with Crippen LogP contribution in [0.1, 0.15) is 92.6 Å². The second kappa shape index (κ2) is 11.3. The van der Waals surface area contributed by atoms with Crippen LogP contribution < -0.4 is 0 Å². The summed E-state index contributed by atoms with van der Waals surface area (Å²) in [7, 11) is 0. The lowest BCUT2D eigenvalue weighted by Crippen LogP contribution is -2.05. The van der Waals surface area contributed by atoms with E-state index in [2.05, 4.69) is 6.92 Å². The van der Waals surface area contributed by atoms with E-state index in [-0.39, 0.29) is 0 Å². The lowest BCUT2D eigenvalue weighted by molar-refractivity contribution is 0.0695. The Hall–Kier alpha value is -1.31. The summed E-state index contributed by atoms with van der Waals surface area (Å²) in [6, 6.07) is 5.81. The van der Waals surface area contributed by atoms with Crippen LogP contribution in [0.4, 0.5) is 0 Å². The largest absolute Gasteiger partial charge is 0.478 e. The molecule has 0 saturated carbocycles. The number of carboxylic acids is 1. The van der Waals surface area contributed by atoms with Crippen molar-refractivity contribution in [2.45, 2.75) is 84.5 Å². The minimum Gasteiger partial charge on any atom is -0.478 e. The lowest BCUT2D eigenvalue weighted by atomic mass is 9.97. The number of rotatable bonds is 12. The third-order valence-electron chi connectivity index (χ3n) is 4.37. The summed E-state index contributed by atoms with van der Waals surface area (Å²) in [5.41, 5.74) is 2.38. The molecule has 0 bridgehead atoms. The van der Waals surface area contributed by atoms with E-state index in [0.29, 0.717) is 5.56 Å². The Morgan fingerprint density at radius 1 is 0.909 bits per heavy atom. The number of hydrogen-bond acceptors (Lipinski definition) is 1. The zero-order valence-electron chi connectivity index (χ0n) is 14.4. The first kappa shape index (κ1) is 18.7. The Kier molecular flexibility index (Phi) is 9.61. The summed E-state index contributed by atoms with van der Waals surface area (Å²) < 4.78 is 0. The van der Waals surface area contributed by atoms with Gasteiger partial charge in [0.25, 0.3) is 0 Å². The molecule has 0 aliphatic rings. The molecule has 0 fully saturated rings. The number of benzene rings is 1. The molecule has 2 heteroatoms. The molecule has 0 aromatic heterocycles. The Morgan fingerprint density at radius 3 is 2.00 bits per heavy atom. The average molecular weight is 304 g/mol. The number of carboxylic acid groups (broad SMARTS) is 1. The van der Waals surface area contributed by atoms with E-state index >= 15 is 0 Å². The molecule has 0 saturated heterocycles. The van der Waals surface area contributed by atoms with E-state index in [1.54, 1.807) is 0 Å². The molecule has 2 nitrogen and oxygen atoms in total. The summed E-state index contributed by atoms with van der Waals surface area (Å²) in [4.78, 5) is 11.3. The second-order valence-corrected chi connectivity index (χ2v) is 6.35. The van der Waals surface area contributed by atoms with Gasteiger partial charge in [0.1, 0.15) is 0 Å². The minimum atomic E-state index is -0.792. The van der Waals surface area contributed by atoms with E-state index in [9.17, 15) is 9.90 Å². The normalized spacial score (nSPS) is 10.8. The maximum Gasteiger partial charge on any atom is 0.336 e. The highest BCUT2D eigenvalue weighted by molar-refractivity contribution is 5.91. The average Bonchev–Trinajstić information content (AvgIpc) is 2.48. The topological polar surface area (TPSA) is 37.3 Å². The highest BCUT2D eigenvalue weighted by atomic mass is 16.4. The number of carbonyl (C=O) groups is 1. The number of aromatic carboxylic acids is 1. The lowest BCUT2D eigenvalue weighted by Gasteiger charge is -2.08. The van der Waals surface area contributed by atoms with Crippen LogP contribution in [-0.2, 0) is 6.42 Å². The van der Waals surface area contributed by atoms with Gasteiger partial charge in [-0.2, -0.15) is 0 Å². The highest BCUT2D eigenvalue weighted by Gasteiger charge is 2.11. The fourth-order valence-corrected chi connectivity index (χ4v) is 3.05. The van der Waals surface area contributed by atoms with Crippen LogP contribution in [0.25, 0.3) is 0 Å². The molecule has 0 spiro atoms. The predicted octanol–water partition coefficient (Wildman–Crippen LogP) is 6.16. The quantitative estimate of drug-likeness (QED) is 0.470. The van der Waals surface area contributed by atoms with Crippen molar-refractivity contribution in [2.75, 3.05) is 0 Å². The van der Waals surface area contributed by atoms with Crippen molar-refractivity contribution in [2.24, 2.45) is 0 Å². The number of aryl methyl sites for hydroxylation is 2. The Bertz CT molecular complexity index is 437. The molecule has 124 valence electrons. The Morgan fingerprint density at radius 2 is 1.45 bits per heavy atom. The van der Waals surface area contributed by atoms with Gasteiger partial charge in [-0.1, -0.05) is 82.9 Å². The first-order valence-corrected chi connectivity index (χ1v) is 8.98. The first-order valence-electron chi connectivity index (χ1n) is 8.98. The van der Waals surface area contributed by atoms with Gasteiger partial charge in [0.15, 0.2) is 0 Å². The van der Waals surface area contributed by atoms with Gasteiger partial charge in [-0.15, -0.1) is 0 Å². The predicted molar refractivity (Wildman–Crippen MR) is 93.7 cm³/mol. The van der Waals surface area contributed by atoms with Crippen molar-refractivity contribution < 1.29 is 9.90 Å². The molecule has 0 aliphatic carbocycles. The third kappa shape index (κ3) is 7.11. The minimum absolute atomic E-state index is 0.512. The van der Waals surface area contributed by atoms with Crippen molar-refractivity contribution in [3.05, 3.63) is 34.9 Å². The second-order valence-electron chi connectivity index (χ2n) is 6.35. The van der Waals surface area contributed by atoms with E-state index in [1.165, 1.54) is 57.8 Å². The van der Waals surface area contributed by atoms with Gasteiger partial charge in [0, 0.05) is 0 Å². The summed E-state index contributed by atoms with van der Waals surface area (Å²) in [5.74, 6) is -0.792. The Balaban J connectivity index is 2.15. The molecule has 0 heterocycles. The van der Waals surface area contributed by atoms with Gasteiger partial charge in [-0.05, 0) is 30.9 Å². The fourth-order valence-electron chi connectivity index (χ4n) is 3.05. The summed E-state index contributed by atoms with van der Waals surface area (Å²) in [5, 5.41) is 9.31. The summed E-state index contributed by atoms with van der Waals surface area (Å²) in [6.07, 6.45) is 14.0. The third-order valence-corrected chi connectivity index (χ3v) is 4.37. The molecule has 1 aromatic rings. The van der Waals surface area contributed by atoms with Gasteiger partial charge in [-0.25, -0.2) is 4.79 Å². The van der Waals surface area contributed by atoms with Crippen molar-refractivity contribution >= 4 is 5.97 Å². The fraction of sp³-hybridized carbons (Fsp3) is 0.650. The van der Waals surface area contributed by atoms with Gasteiger partial charge in [-0.3, -0.25) is 0 Å². The maximum absolute atomic E-state index is 11.3. The number of unbranched alkanes of at least 4 members (excludes halogenated alkanes) is 9. The molecule has 0 radical (unpaired) electrons. The summed E-state index contributed by atoms with van der Waals surface area (Å²) in [6.45, 7) is 4.13. The molecular formula is C20H32O2. The zero-order valence-corrected chi connectivity index (χ0v) is 14.4. The summed E-state index contributed by atoms with van der Waals surface area (Å²) >= 11 is 0. The van der Waals surface area contributed by atoms with Crippen molar-refractivity contribution in [3.8, 4) is 0 Å². The molecule has 1 aromatic carbocycles. The van der Waals surface area contributed by atoms with E-state index < -0.39 is 5.97 Å². The number of hydrogen-bond donors (Lipinski definition) is 1. The van der Waals surface area contributed by atoms with Crippen LogP contribution in [0.5, 0.6) is 0 Å². The molecule has 0 amide bonds.